The van der Waals surface area contributed by atoms with Gasteiger partial charge in [-0.05, 0) is 28.4 Å². The molecule has 0 bridgehead atoms. The number of anilines is 1. The molecule has 0 saturated heterocycles. The van der Waals surface area contributed by atoms with Gasteiger partial charge < -0.3 is 14.6 Å². The molecule has 1 aromatic heterocycles. The van der Waals surface area contributed by atoms with Gasteiger partial charge in [0.2, 0.25) is 5.89 Å². The van der Waals surface area contributed by atoms with E-state index in [1.165, 1.54) is 0 Å². The van der Waals surface area contributed by atoms with Gasteiger partial charge >= 0.3 is 5.97 Å². The summed E-state index contributed by atoms with van der Waals surface area (Å²) in [4.78, 5) is 27.8. The summed E-state index contributed by atoms with van der Waals surface area (Å²) in [5, 5.41) is 6.11. The Bertz CT molecular complexity index is 842. The monoisotopic (exact) mass is 459 g/mol. The van der Waals surface area contributed by atoms with E-state index in [1.54, 1.807) is 0 Å². The zero-order chi connectivity index (χ0) is 20.9. The van der Waals surface area contributed by atoms with Gasteiger partial charge in [0, 0.05) is 28.8 Å². The van der Waals surface area contributed by atoms with Crippen LogP contribution >= 0.6 is 15.9 Å². The standard InChI is InChI=1S/C18H20BrF2N3O4/c1-18(2,3)17-23-14(28-24-17)5-4-6-15(26)27-9-13(25)22-16-11(19)7-10(20)8-12(16)21/h7-8H,4-6,9H2,1-3H3,(H,22,25). The maximum absolute atomic E-state index is 13.7. The van der Waals surface area contributed by atoms with Crippen molar-refractivity contribution in [3.8, 4) is 0 Å². The Morgan fingerprint density at radius 1 is 1.29 bits per heavy atom. The number of rotatable bonds is 7. The van der Waals surface area contributed by atoms with E-state index in [0.29, 0.717) is 30.6 Å². The molecule has 1 N–H and O–H groups in total. The lowest BCUT2D eigenvalue weighted by Crippen LogP contribution is -2.21. The lowest BCUT2D eigenvalue weighted by atomic mass is 9.96. The molecule has 0 fully saturated rings. The average Bonchev–Trinajstić information content (AvgIpc) is 3.05. The number of carbonyl (C=O) groups excluding carboxylic acids is 2. The fourth-order valence-electron chi connectivity index (χ4n) is 2.10. The minimum absolute atomic E-state index is 0.0406. The quantitative estimate of drug-likeness (QED) is 0.630. The van der Waals surface area contributed by atoms with Gasteiger partial charge in [-0.15, -0.1) is 0 Å². The van der Waals surface area contributed by atoms with Crippen molar-refractivity contribution in [3.63, 3.8) is 0 Å². The SMILES string of the molecule is CC(C)(C)c1noc(CCCC(=O)OCC(=O)Nc2c(F)cc(F)cc2Br)n1. The van der Waals surface area contributed by atoms with E-state index in [2.05, 4.69) is 31.4 Å². The predicted molar refractivity (Wildman–Crippen MR) is 99.6 cm³/mol. The van der Waals surface area contributed by atoms with Crippen LogP contribution in [0.2, 0.25) is 0 Å². The van der Waals surface area contributed by atoms with Crippen molar-refractivity contribution in [3.05, 3.63) is 40.0 Å². The van der Waals surface area contributed by atoms with Crippen LogP contribution in [0.15, 0.2) is 21.1 Å². The van der Waals surface area contributed by atoms with Gasteiger partial charge in [-0.2, -0.15) is 4.98 Å². The third kappa shape index (κ3) is 6.36. The van der Waals surface area contributed by atoms with Gasteiger partial charge in [0.05, 0.1) is 5.69 Å². The number of halogens is 3. The van der Waals surface area contributed by atoms with E-state index in [4.69, 9.17) is 9.26 Å². The molecule has 0 atom stereocenters. The molecule has 0 aliphatic heterocycles. The molecule has 0 radical (unpaired) electrons. The largest absolute Gasteiger partial charge is 0.456 e. The van der Waals surface area contributed by atoms with Gasteiger partial charge in [-0.25, -0.2) is 8.78 Å². The normalized spacial score (nSPS) is 11.4. The van der Waals surface area contributed by atoms with Crippen LogP contribution in [0.3, 0.4) is 0 Å². The van der Waals surface area contributed by atoms with Crippen LogP contribution in [0, 0.1) is 11.6 Å². The first-order valence-corrected chi connectivity index (χ1v) is 9.28. The minimum Gasteiger partial charge on any atom is -0.456 e. The van der Waals surface area contributed by atoms with E-state index in [0.717, 1.165) is 6.07 Å². The van der Waals surface area contributed by atoms with Crippen molar-refractivity contribution in [2.45, 2.75) is 45.4 Å². The lowest BCUT2D eigenvalue weighted by molar-refractivity contribution is -0.147. The van der Waals surface area contributed by atoms with E-state index < -0.39 is 30.1 Å². The average molecular weight is 460 g/mol. The summed E-state index contributed by atoms with van der Waals surface area (Å²) in [6.07, 6.45) is 0.859. The van der Waals surface area contributed by atoms with Crippen molar-refractivity contribution >= 4 is 33.5 Å². The summed E-state index contributed by atoms with van der Waals surface area (Å²) in [7, 11) is 0. The number of nitrogens with zero attached hydrogens (tertiary/aromatic N) is 2. The van der Waals surface area contributed by atoms with E-state index in [1.807, 2.05) is 20.8 Å². The molecular formula is C18H20BrF2N3O4. The highest BCUT2D eigenvalue weighted by Crippen LogP contribution is 2.26. The number of amides is 1. The second-order valence-electron chi connectivity index (χ2n) is 7.07. The smallest absolute Gasteiger partial charge is 0.306 e. The molecular weight excluding hydrogens is 440 g/mol. The third-order valence-corrected chi connectivity index (χ3v) is 4.17. The maximum atomic E-state index is 13.7. The van der Waals surface area contributed by atoms with Crippen LogP contribution < -0.4 is 5.32 Å². The molecule has 2 aromatic rings. The van der Waals surface area contributed by atoms with Gasteiger partial charge in [0.15, 0.2) is 18.2 Å². The number of aryl methyl sites for hydroxylation is 1. The summed E-state index contributed by atoms with van der Waals surface area (Å²) < 4.78 is 36.7. The molecule has 1 amide bonds. The molecule has 0 spiro atoms. The first-order chi connectivity index (χ1) is 13.1. The van der Waals surface area contributed by atoms with Crippen molar-refractivity contribution < 1.29 is 27.6 Å². The van der Waals surface area contributed by atoms with Crippen molar-refractivity contribution in [2.75, 3.05) is 11.9 Å². The fraction of sp³-hybridized carbons (Fsp3) is 0.444. The number of esters is 1. The molecule has 0 aliphatic carbocycles. The van der Waals surface area contributed by atoms with Crippen LogP contribution in [0.1, 0.15) is 45.3 Å². The predicted octanol–water partition coefficient (Wildman–Crippen LogP) is 3.91. The van der Waals surface area contributed by atoms with Crippen LogP contribution in [0.25, 0.3) is 0 Å². The topological polar surface area (TPSA) is 94.3 Å². The van der Waals surface area contributed by atoms with E-state index in [-0.39, 0.29) is 22.0 Å². The van der Waals surface area contributed by atoms with Crippen LogP contribution in [-0.4, -0.2) is 28.6 Å². The summed E-state index contributed by atoms with van der Waals surface area (Å²) in [5.74, 6) is -2.06. The summed E-state index contributed by atoms with van der Waals surface area (Å²) in [6.45, 7) is 5.29. The zero-order valence-electron chi connectivity index (χ0n) is 15.6. The van der Waals surface area contributed by atoms with Gasteiger partial charge in [-0.1, -0.05) is 25.9 Å². The molecule has 152 valence electrons. The summed E-state index contributed by atoms with van der Waals surface area (Å²) >= 11 is 2.95. The highest BCUT2D eigenvalue weighted by Gasteiger charge is 2.21. The van der Waals surface area contributed by atoms with E-state index >= 15 is 0 Å². The second kappa shape index (κ2) is 9.22. The first-order valence-electron chi connectivity index (χ1n) is 8.49. The van der Waals surface area contributed by atoms with Crippen LogP contribution in [-0.2, 0) is 26.2 Å². The third-order valence-electron chi connectivity index (χ3n) is 3.55. The van der Waals surface area contributed by atoms with Crippen molar-refractivity contribution in [2.24, 2.45) is 0 Å². The molecule has 1 heterocycles. The zero-order valence-corrected chi connectivity index (χ0v) is 17.2. The fourth-order valence-corrected chi connectivity index (χ4v) is 2.61. The van der Waals surface area contributed by atoms with Gasteiger partial charge in [0.25, 0.3) is 5.91 Å². The maximum Gasteiger partial charge on any atom is 0.306 e. The Morgan fingerprint density at radius 3 is 2.61 bits per heavy atom. The molecule has 0 unspecified atom stereocenters. The molecule has 0 saturated carbocycles. The van der Waals surface area contributed by atoms with Crippen molar-refractivity contribution in [1.29, 1.82) is 0 Å². The van der Waals surface area contributed by atoms with Gasteiger partial charge in [0.1, 0.15) is 5.82 Å². The Kier molecular flexibility index (Phi) is 7.22. The highest BCUT2D eigenvalue weighted by atomic mass is 79.9. The second-order valence-corrected chi connectivity index (χ2v) is 7.92. The van der Waals surface area contributed by atoms with E-state index in [9.17, 15) is 18.4 Å². The molecule has 10 heteroatoms. The Hall–Kier alpha value is -2.36. The Labute approximate surface area is 169 Å². The number of benzene rings is 1. The highest BCUT2D eigenvalue weighted by molar-refractivity contribution is 9.10. The van der Waals surface area contributed by atoms with Crippen LogP contribution in [0.5, 0.6) is 0 Å². The Morgan fingerprint density at radius 2 is 2.00 bits per heavy atom. The molecule has 1 aromatic carbocycles. The lowest BCUT2D eigenvalue weighted by Gasteiger charge is -2.10. The molecule has 28 heavy (non-hydrogen) atoms. The number of aromatic nitrogens is 2. The van der Waals surface area contributed by atoms with Crippen LogP contribution in [0.4, 0.5) is 14.5 Å². The molecule has 2 rings (SSSR count). The number of hydrogen-bond acceptors (Lipinski definition) is 6. The molecule has 0 aliphatic rings. The number of ether oxygens (including phenoxy) is 1. The first kappa shape index (κ1) is 21.9. The number of carbonyl (C=O) groups is 2. The number of nitrogens with one attached hydrogen (secondary N) is 1. The number of hydrogen-bond donors (Lipinski definition) is 1. The Balaban J connectivity index is 1.74. The summed E-state index contributed by atoms with van der Waals surface area (Å²) in [5.41, 5.74) is -0.457. The van der Waals surface area contributed by atoms with Gasteiger partial charge in [-0.3, -0.25) is 9.59 Å². The summed E-state index contributed by atoms with van der Waals surface area (Å²) in [6, 6.07) is 1.64. The molecule has 7 nitrogen and oxygen atoms in total. The van der Waals surface area contributed by atoms with Crippen molar-refractivity contribution in [1.82, 2.24) is 10.1 Å². The minimum atomic E-state index is -0.944.